The quantitative estimate of drug-likeness (QED) is 0.677. The van der Waals surface area contributed by atoms with E-state index in [9.17, 15) is 0 Å². The molecule has 0 saturated heterocycles. The van der Waals surface area contributed by atoms with Crippen LogP contribution in [-0.2, 0) is 6.42 Å². The molecular formula is C17H13+. The van der Waals surface area contributed by atoms with Crippen LogP contribution in [0, 0.1) is 0 Å². The molecule has 0 spiro atoms. The molecule has 0 aromatic heterocycles. The minimum absolute atomic E-state index is 0.982. The van der Waals surface area contributed by atoms with Crippen LogP contribution in [0.1, 0.15) is 11.1 Å². The van der Waals surface area contributed by atoms with Gasteiger partial charge in [0.2, 0.25) is 0 Å². The van der Waals surface area contributed by atoms with E-state index in [4.69, 9.17) is 0 Å². The third-order valence-electron chi connectivity index (χ3n) is 3.03. The Morgan fingerprint density at radius 1 is 0.882 bits per heavy atom. The lowest BCUT2D eigenvalue weighted by Crippen LogP contribution is -2.29. The van der Waals surface area contributed by atoms with Gasteiger partial charge in [-0.25, -0.2) is 0 Å². The molecule has 1 aliphatic carbocycles. The fourth-order valence-electron chi connectivity index (χ4n) is 2.19. The largest absolute Gasteiger partial charge is 0.155 e. The monoisotopic (exact) mass is 217 g/mol. The molecule has 0 heterocycles. The van der Waals surface area contributed by atoms with E-state index in [1.807, 2.05) is 6.08 Å². The summed E-state index contributed by atoms with van der Waals surface area (Å²) in [6.07, 6.45) is 10.4. The van der Waals surface area contributed by atoms with E-state index < -0.39 is 0 Å². The number of benzene rings is 2. The molecule has 2 aromatic carbocycles. The number of hydrogen-bond acceptors (Lipinski definition) is 0. The molecule has 0 bridgehead atoms. The maximum absolute atomic E-state index is 3.28. The minimum atomic E-state index is 0.982. The highest BCUT2D eigenvalue weighted by Gasteiger charge is 2.05. The van der Waals surface area contributed by atoms with Crippen molar-refractivity contribution in [2.45, 2.75) is 6.42 Å². The van der Waals surface area contributed by atoms with Crippen LogP contribution in [0.4, 0.5) is 0 Å². The molecule has 0 atom stereocenters. The van der Waals surface area contributed by atoms with E-state index in [1.54, 1.807) is 0 Å². The Morgan fingerprint density at radius 2 is 1.76 bits per heavy atom. The summed E-state index contributed by atoms with van der Waals surface area (Å²) in [5.74, 6) is 0. The van der Waals surface area contributed by atoms with Crippen molar-refractivity contribution in [3.05, 3.63) is 82.2 Å². The van der Waals surface area contributed by atoms with E-state index in [0.717, 1.165) is 6.42 Å². The highest BCUT2D eigenvalue weighted by Crippen LogP contribution is 2.05. The van der Waals surface area contributed by atoms with Crippen molar-refractivity contribution in [2.24, 2.45) is 0 Å². The van der Waals surface area contributed by atoms with Gasteiger partial charge in [0.15, 0.2) is 5.22 Å². The maximum Gasteiger partial charge on any atom is 0.155 e. The molecular weight excluding hydrogens is 204 g/mol. The Hall–Kier alpha value is -2.17. The van der Waals surface area contributed by atoms with Crippen molar-refractivity contribution in [3.63, 3.8) is 0 Å². The molecule has 0 saturated carbocycles. The first kappa shape index (κ1) is 10.0. The lowest BCUT2D eigenvalue weighted by Gasteiger charge is -2.00. The summed E-state index contributed by atoms with van der Waals surface area (Å²) in [7, 11) is 0. The summed E-state index contributed by atoms with van der Waals surface area (Å²) >= 11 is 0. The molecule has 0 nitrogen and oxygen atoms in total. The molecule has 3 rings (SSSR count). The first-order chi connectivity index (χ1) is 8.43. The normalized spacial score (nSPS) is 12.0. The first-order valence-electron chi connectivity index (χ1n) is 5.86. The van der Waals surface area contributed by atoms with Gasteiger partial charge >= 0.3 is 0 Å². The summed E-state index contributed by atoms with van der Waals surface area (Å²) in [6, 6.07) is 17.0. The molecule has 0 N–H and O–H groups in total. The highest BCUT2D eigenvalue weighted by atomic mass is 14.0. The van der Waals surface area contributed by atoms with E-state index in [-0.39, 0.29) is 0 Å². The summed E-state index contributed by atoms with van der Waals surface area (Å²) in [5, 5.41) is 2.50. The number of rotatable bonds is 2. The lowest BCUT2D eigenvalue weighted by atomic mass is 10.00. The number of allylic oxidation sites excluding steroid dienone is 2. The molecule has 2 aromatic rings. The van der Waals surface area contributed by atoms with Crippen molar-refractivity contribution < 1.29 is 0 Å². The van der Waals surface area contributed by atoms with Gasteiger partial charge in [0.05, 0.1) is 11.3 Å². The Labute approximate surface area is 101 Å². The maximum atomic E-state index is 3.28. The van der Waals surface area contributed by atoms with Gasteiger partial charge in [0, 0.05) is 36.3 Å². The van der Waals surface area contributed by atoms with Crippen LogP contribution in [-0.4, -0.2) is 0 Å². The Balaban J connectivity index is 2.07. The van der Waals surface area contributed by atoms with Gasteiger partial charge in [-0.15, -0.1) is 0 Å². The van der Waals surface area contributed by atoms with Crippen molar-refractivity contribution in [3.8, 4) is 0 Å². The van der Waals surface area contributed by atoms with Crippen molar-refractivity contribution in [1.82, 2.24) is 0 Å². The first-order valence-corrected chi connectivity index (χ1v) is 5.86. The second kappa shape index (κ2) is 4.37. The van der Waals surface area contributed by atoms with E-state index in [1.165, 1.54) is 21.6 Å². The van der Waals surface area contributed by atoms with Gasteiger partial charge in [-0.3, -0.25) is 0 Å². The Morgan fingerprint density at radius 3 is 2.65 bits per heavy atom. The molecule has 0 unspecified atom stereocenters. The van der Waals surface area contributed by atoms with Crippen LogP contribution in [0.3, 0.4) is 0 Å². The van der Waals surface area contributed by atoms with Gasteiger partial charge < -0.3 is 0 Å². The molecule has 17 heavy (non-hydrogen) atoms. The van der Waals surface area contributed by atoms with Crippen LogP contribution in [0.5, 0.6) is 0 Å². The van der Waals surface area contributed by atoms with Crippen LogP contribution in [0.25, 0.3) is 12.2 Å². The smallest absolute Gasteiger partial charge is 0.0622 e. The zero-order chi connectivity index (χ0) is 11.5. The summed E-state index contributed by atoms with van der Waals surface area (Å²) in [6.45, 7) is 0. The molecule has 0 amide bonds. The molecule has 0 fully saturated rings. The van der Waals surface area contributed by atoms with Crippen molar-refractivity contribution in [1.29, 1.82) is 0 Å². The summed E-state index contributed by atoms with van der Waals surface area (Å²) < 4.78 is 0. The summed E-state index contributed by atoms with van der Waals surface area (Å²) in [5.41, 5.74) is 2.72. The zero-order valence-electron chi connectivity index (χ0n) is 9.56. The van der Waals surface area contributed by atoms with E-state index >= 15 is 0 Å². The fourth-order valence-corrected chi connectivity index (χ4v) is 2.19. The molecule has 0 radical (unpaired) electrons. The molecule has 0 heteroatoms. The third-order valence-corrected chi connectivity index (χ3v) is 3.03. The Bertz CT molecular complexity index is 661. The van der Waals surface area contributed by atoms with Crippen molar-refractivity contribution >= 4 is 12.2 Å². The van der Waals surface area contributed by atoms with Crippen LogP contribution >= 0.6 is 0 Å². The van der Waals surface area contributed by atoms with Crippen LogP contribution < -0.4 is 10.4 Å². The predicted octanol–water partition coefficient (Wildman–Crippen LogP) is 2.29. The van der Waals surface area contributed by atoms with E-state index in [0.29, 0.717) is 0 Å². The van der Waals surface area contributed by atoms with Gasteiger partial charge in [-0.05, 0) is 17.7 Å². The SMILES string of the molecule is [C+]1=c2cccc(Cc3ccccc3)c2=CC=C1. The fraction of sp³-hybridized carbons (Fsp3) is 0.0588. The second-order valence-electron chi connectivity index (χ2n) is 4.21. The van der Waals surface area contributed by atoms with Gasteiger partial charge in [0.1, 0.15) is 0 Å². The van der Waals surface area contributed by atoms with Crippen LogP contribution in [0.15, 0.2) is 60.7 Å². The molecule has 0 aliphatic heterocycles. The van der Waals surface area contributed by atoms with Crippen molar-refractivity contribution in [2.75, 3.05) is 0 Å². The van der Waals surface area contributed by atoms with Gasteiger partial charge in [0.25, 0.3) is 0 Å². The van der Waals surface area contributed by atoms with Gasteiger partial charge in [-0.2, -0.15) is 0 Å². The summed E-state index contributed by atoms with van der Waals surface area (Å²) in [4.78, 5) is 0. The zero-order valence-corrected chi connectivity index (χ0v) is 9.56. The topological polar surface area (TPSA) is 0 Å². The average Bonchev–Trinajstić information content (AvgIpc) is 2.40. The standard InChI is InChI=1S/C17H13/c1-2-7-14(8-3-1)13-16-11-6-10-15-9-4-5-12-17(15)16/h1-8,10-12H,13H2/q+1. The number of hydrogen-bond donors (Lipinski definition) is 0. The predicted molar refractivity (Wildman–Crippen MR) is 72.0 cm³/mol. The lowest BCUT2D eigenvalue weighted by molar-refractivity contribution is 1.16. The average molecular weight is 217 g/mol. The number of fused-ring (bicyclic) bond motifs is 1. The van der Waals surface area contributed by atoms with E-state index in [2.05, 4.69) is 66.8 Å². The second-order valence-corrected chi connectivity index (χ2v) is 4.21. The third kappa shape index (κ3) is 2.04. The molecule has 80 valence electrons. The Kier molecular flexibility index (Phi) is 2.57. The highest BCUT2D eigenvalue weighted by molar-refractivity contribution is 5.54. The minimum Gasteiger partial charge on any atom is -0.0622 e. The molecule has 1 aliphatic rings. The van der Waals surface area contributed by atoms with Gasteiger partial charge in [-0.1, -0.05) is 30.3 Å². The van der Waals surface area contributed by atoms with Crippen LogP contribution in [0.2, 0.25) is 0 Å².